The first-order valence-electron chi connectivity index (χ1n) is 9.82. The first kappa shape index (κ1) is 18.9. The number of para-hydroxylation sites is 3. The lowest BCUT2D eigenvalue weighted by molar-refractivity contribution is 0.0913. The van der Waals surface area contributed by atoms with E-state index in [9.17, 15) is 4.79 Å². The highest BCUT2D eigenvalue weighted by Gasteiger charge is 2.28. The average molecular weight is 420 g/mol. The van der Waals surface area contributed by atoms with Crippen molar-refractivity contribution in [3.63, 3.8) is 0 Å². The molecular weight excluding hydrogens is 400 g/mol. The van der Waals surface area contributed by atoms with Crippen molar-refractivity contribution in [2.45, 2.75) is 18.9 Å². The fourth-order valence-corrected chi connectivity index (χ4v) is 4.62. The lowest BCUT2D eigenvalue weighted by Gasteiger charge is -2.22. The van der Waals surface area contributed by atoms with Crippen molar-refractivity contribution >= 4 is 43.6 Å². The Morgan fingerprint density at radius 3 is 2.87 bits per heavy atom. The van der Waals surface area contributed by atoms with Crippen molar-refractivity contribution in [1.29, 1.82) is 0 Å². The Kier molecular flexibility index (Phi) is 5.02. The van der Waals surface area contributed by atoms with Crippen molar-refractivity contribution in [2.75, 3.05) is 25.2 Å². The second-order valence-corrected chi connectivity index (χ2v) is 8.11. The van der Waals surface area contributed by atoms with Crippen LogP contribution in [0.25, 0.3) is 21.3 Å². The number of fused-ring (bicyclic) bond motifs is 2. The van der Waals surface area contributed by atoms with Crippen LogP contribution in [-0.2, 0) is 4.74 Å². The Hall–Kier alpha value is -3.10. The first-order valence-corrected chi connectivity index (χ1v) is 10.6. The average Bonchev–Trinajstić information content (AvgIpc) is 3.46. The molecule has 1 atom stereocenters. The van der Waals surface area contributed by atoms with Gasteiger partial charge in [0.2, 0.25) is 0 Å². The molecule has 8 heteroatoms. The zero-order valence-corrected chi connectivity index (χ0v) is 17.3. The highest BCUT2D eigenvalue weighted by atomic mass is 32.1. The number of ether oxygens (including phenoxy) is 2. The monoisotopic (exact) mass is 420 g/mol. The topological polar surface area (TPSA) is 77.4 Å². The minimum absolute atomic E-state index is 0.0173. The molecular formula is C22H20N4O3S. The van der Waals surface area contributed by atoms with Gasteiger partial charge in [-0.3, -0.25) is 14.7 Å². The predicted octanol–water partition coefficient (Wildman–Crippen LogP) is 4.07. The summed E-state index contributed by atoms with van der Waals surface area (Å²) in [5, 5.41) is 0.602. The summed E-state index contributed by atoms with van der Waals surface area (Å²) in [6.45, 7) is 1.14. The number of methoxy groups -OCH3 is 1. The van der Waals surface area contributed by atoms with Gasteiger partial charge < -0.3 is 9.47 Å². The van der Waals surface area contributed by atoms with Crippen LogP contribution in [-0.4, -0.2) is 47.2 Å². The third kappa shape index (κ3) is 3.48. The number of hydrogen-bond acceptors (Lipinski definition) is 7. The standard InChI is InChI=1S/C22H20N4O3S/c1-28-18-9-4-10-19-20(18)25-22(30-19)26(13-14-6-5-11-29-14)21(27)17-12-23-15-7-2-3-8-16(15)24-17/h2-4,7-10,12,14H,5-6,11,13H2,1H3. The molecule has 0 N–H and O–H groups in total. The van der Waals surface area contributed by atoms with Gasteiger partial charge >= 0.3 is 0 Å². The summed E-state index contributed by atoms with van der Waals surface area (Å²) in [4.78, 5) is 28.8. The fourth-order valence-electron chi connectivity index (χ4n) is 3.63. The largest absolute Gasteiger partial charge is 0.494 e. The number of hydrogen-bond donors (Lipinski definition) is 0. The molecule has 1 aliphatic heterocycles. The maximum atomic E-state index is 13.5. The number of amides is 1. The van der Waals surface area contributed by atoms with Gasteiger partial charge in [-0.15, -0.1) is 0 Å². The van der Waals surface area contributed by atoms with Crippen LogP contribution in [0, 0.1) is 0 Å². The molecule has 4 aromatic rings. The molecule has 1 amide bonds. The normalized spacial score (nSPS) is 16.2. The lowest BCUT2D eigenvalue weighted by Crippen LogP contribution is -2.38. The zero-order chi connectivity index (χ0) is 20.5. The molecule has 0 saturated carbocycles. The summed E-state index contributed by atoms with van der Waals surface area (Å²) in [7, 11) is 1.62. The summed E-state index contributed by atoms with van der Waals surface area (Å²) in [6.07, 6.45) is 3.43. The quantitative estimate of drug-likeness (QED) is 0.484. The molecule has 30 heavy (non-hydrogen) atoms. The van der Waals surface area contributed by atoms with E-state index in [2.05, 4.69) is 9.97 Å². The highest BCUT2D eigenvalue weighted by Crippen LogP contribution is 2.35. The summed E-state index contributed by atoms with van der Waals surface area (Å²) in [6, 6.07) is 13.3. The molecule has 0 bridgehead atoms. The van der Waals surface area contributed by atoms with E-state index in [1.807, 2.05) is 42.5 Å². The maximum Gasteiger partial charge on any atom is 0.280 e. The van der Waals surface area contributed by atoms with Crippen LogP contribution in [0.3, 0.4) is 0 Å². The van der Waals surface area contributed by atoms with Crippen LogP contribution in [0.1, 0.15) is 23.3 Å². The van der Waals surface area contributed by atoms with Gasteiger partial charge in [-0.2, -0.15) is 0 Å². The van der Waals surface area contributed by atoms with E-state index in [4.69, 9.17) is 14.5 Å². The van der Waals surface area contributed by atoms with E-state index in [0.29, 0.717) is 22.9 Å². The minimum atomic E-state index is -0.234. The molecule has 1 aliphatic rings. The van der Waals surface area contributed by atoms with E-state index in [-0.39, 0.29) is 17.7 Å². The molecule has 1 saturated heterocycles. The van der Waals surface area contributed by atoms with Crippen LogP contribution in [0.5, 0.6) is 5.75 Å². The Morgan fingerprint density at radius 2 is 2.07 bits per heavy atom. The number of carbonyl (C=O) groups is 1. The second kappa shape index (κ2) is 7.97. The van der Waals surface area contributed by atoms with Crippen molar-refractivity contribution in [3.05, 3.63) is 54.4 Å². The molecule has 5 rings (SSSR count). The third-order valence-electron chi connectivity index (χ3n) is 5.14. The summed E-state index contributed by atoms with van der Waals surface area (Å²) < 4.78 is 12.2. The van der Waals surface area contributed by atoms with Crippen LogP contribution in [0.15, 0.2) is 48.7 Å². The smallest absolute Gasteiger partial charge is 0.280 e. The van der Waals surface area contributed by atoms with Crippen molar-refractivity contribution in [1.82, 2.24) is 15.0 Å². The van der Waals surface area contributed by atoms with Gasteiger partial charge in [0.25, 0.3) is 5.91 Å². The highest BCUT2D eigenvalue weighted by molar-refractivity contribution is 7.22. The van der Waals surface area contributed by atoms with Gasteiger partial charge in [-0.25, -0.2) is 9.97 Å². The molecule has 2 aromatic heterocycles. The Balaban J connectivity index is 1.56. The SMILES string of the molecule is COc1cccc2sc(N(CC3CCCO3)C(=O)c3cnc4ccccc4n3)nc12. The first-order chi connectivity index (χ1) is 14.7. The van der Waals surface area contributed by atoms with Crippen molar-refractivity contribution < 1.29 is 14.3 Å². The number of nitrogens with zero attached hydrogens (tertiary/aromatic N) is 4. The Bertz CT molecular complexity index is 1220. The number of aromatic nitrogens is 3. The number of anilines is 1. The lowest BCUT2D eigenvalue weighted by atomic mass is 10.2. The van der Waals surface area contributed by atoms with Gasteiger partial charge in [0.05, 0.1) is 41.7 Å². The molecule has 1 fully saturated rings. The van der Waals surface area contributed by atoms with Gasteiger partial charge in [0.1, 0.15) is 17.0 Å². The molecule has 152 valence electrons. The van der Waals surface area contributed by atoms with Crippen LogP contribution in [0.4, 0.5) is 5.13 Å². The number of thiazole rings is 1. The molecule has 0 aliphatic carbocycles. The van der Waals surface area contributed by atoms with E-state index in [1.54, 1.807) is 12.0 Å². The van der Waals surface area contributed by atoms with E-state index >= 15 is 0 Å². The van der Waals surface area contributed by atoms with E-state index in [0.717, 1.165) is 35.2 Å². The molecule has 0 radical (unpaired) electrons. The molecule has 3 heterocycles. The van der Waals surface area contributed by atoms with E-state index < -0.39 is 0 Å². The van der Waals surface area contributed by atoms with Crippen molar-refractivity contribution in [3.8, 4) is 5.75 Å². The predicted molar refractivity (Wildman–Crippen MR) is 116 cm³/mol. The minimum Gasteiger partial charge on any atom is -0.494 e. The van der Waals surface area contributed by atoms with Gasteiger partial charge in [0.15, 0.2) is 5.13 Å². The second-order valence-electron chi connectivity index (χ2n) is 7.10. The molecule has 2 aromatic carbocycles. The zero-order valence-electron chi connectivity index (χ0n) is 16.4. The summed E-state index contributed by atoms with van der Waals surface area (Å²) in [5.41, 5.74) is 2.48. The molecule has 7 nitrogen and oxygen atoms in total. The number of rotatable bonds is 5. The van der Waals surface area contributed by atoms with Gasteiger partial charge in [-0.05, 0) is 37.1 Å². The Morgan fingerprint density at radius 1 is 1.20 bits per heavy atom. The summed E-state index contributed by atoms with van der Waals surface area (Å²) in [5.74, 6) is 0.451. The van der Waals surface area contributed by atoms with Gasteiger partial charge in [0, 0.05) is 6.61 Å². The van der Waals surface area contributed by atoms with Gasteiger partial charge in [-0.1, -0.05) is 29.5 Å². The number of carbonyl (C=O) groups excluding carboxylic acids is 1. The van der Waals surface area contributed by atoms with Crippen LogP contribution >= 0.6 is 11.3 Å². The summed E-state index contributed by atoms with van der Waals surface area (Å²) >= 11 is 1.46. The van der Waals surface area contributed by atoms with Crippen LogP contribution < -0.4 is 9.64 Å². The third-order valence-corrected chi connectivity index (χ3v) is 6.19. The number of benzene rings is 2. The Labute approximate surface area is 177 Å². The van der Waals surface area contributed by atoms with E-state index in [1.165, 1.54) is 17.5 Å². The maximum absolute atomic E-state index is 13.5. The fraction of sp³-hybridized carbons (Fsp3) is 0.273. The van der Waals surface area contributed by atoms with Crippen LogP contribution in [0.2, 0.25) is 0 Å². The molecule has 1 unspecified atom stereocenters. The molecule has 0 spiro atoms. The van der Waals surface area contributed by atoms with Crippen molar-refractivity contribution in [2.24, 2.45) is 0 Å².